The zero-order valence-electron chi connectivity index (χ0n) is 6.93. The predicted octanol–water partition coefficient (Wildman–Crippen LogP) is -0.491. The average molecular weight is 185 g/mol. The molecule has 0 radical (unpaired) electrons. The van der Waals surface area contributed by atoms with Gasteiger partial charge in [0.2, 0.25) is 0 Å². The third-order valence-electron chi connectivity index (χ3n) is 3.44. The van der Waals surface area contributed by atoms with Crippen LogP contribution in [0.2, 0.25) is 0 Å². The van der Waals surface area contributed by atoms with Crippen LogP contribution in [0.5, 0.6) is 0 Å². The molecule has 0 aromatic heterocycles. The Bertz CT molecular complexity index is 290. The maximum absolute atomic E-state index is 10.8. The van der Waals surface area contributed by atoms with E-state index in [0.29, 0.717) is 12.8 Å². The molecule has 0 aliphatic heterocycles. The van der Waals surface area contributed by atoms with E-state index in [4.69, 9.17) is 15.9 Å². The zero-order chi connectivity index (χ0) is 9.80. The molecule has 3 aliphatic carbocycles. The second-order valence-corrected chi connectivity index (χ2v) is 4.02. The van der Waals surface area contributed by atoms with E-state index in [1.165, 1.54) is 0 Å². The van der Waals surface area contributed by atoms with Gasteiger partial charge in [-0.3, -0.25) is 9.59 Å². The fourth-order valence-corrected chi connectivity index (χ4v) is 2.70. The van der Waals surface area contributed by atoms with Gasteiger partial charge in [-0.25, -0.2) is 0 Å². The molecule has 13 heavy (non-hydrogen) atoms. The van der Waals surface area contributed by atoms with Crippen LogP contribution in [-0.2, 0) is 9.59 Å². The molecule has 3 rings (SSSR count). The second kappa shape index (κ2) is 2.23. The molecule has 0 amide bonds. The molecule has 4 atom stereocenters. The Hall–Kier alpha value is -1.10. The van der Waals surface area contributed by atoms with Gasteiger partial charge in [-0.15, -0.1) is 0 Å². The summed E-state index contributed by atoms with van der Waals surface area (Å²) < 4.78 is 0. The van der Waals surface area contributed by atoms with Gasteiger partial charge in [0.1, 0.15) is 5.54 Å². The Balaban J connectivity index is 2.24. The van der Waals surface area contributed by atoms with Crippen LogP contribution in [-0.4, -0.2) is 27.7 Å². The summed E-state index contributed by atoms with van der Waals surface area (Å²) >= 11 is 0. The number of fused-ring (bicyclic) bond motifs is 1. The highest BCUT2D eigenvalue weighted by molar-refractivity contribution is 5.84. The number of hydrogen-bond acceptors (Lipinski definition) is 3. The second-order valence-electron chi connectivity index (χ2n) is 4.02. The lowest BCUT2D eigenvalue weighted by Crippen LogP contribution is -2.53. The van der Waals surface area contributed by atoms with Crippen LogP contribution in [0.15, 0.2) is 0 Å². The van der Waals surface area contributed by atoms with Gasteiger partial charge in [-0.1, -0.05) is 0 Å². The molecule has 5 heteroatoms. The highest BCUT2D eigenvalue weighted by Crippen LogP contribution is 2.58. The third kappa shape index (κ3) is 0.848. The van der Waals surface area contributed by atoms with E-state index >= 15 is 0 Å². The molecule has 72 valence electrons. The summed E-state index contributed by atoms with van der Waals surface area (Å²) in [6.45, 7) is 0. The van der Waals surface area contributed by atoms with Crippen LogP contribution in [0.1, 0.15) is 12.8 Å². The predicted molar refractivity (Wildman–Crippen MR) is 41.9 cm³/mol. The number of carbonyl (C=O) groups is 2. The number of nitrogens with two attached hydrogens (primary N) is 1. The summed E-state index contributed by atoms with van der Waals surface area (Å²) in [5, 5.41) is 17.6. The van der Waals surface area contributed by atoms with Crippen molar-refractivity contribution in [1.82, 2.24) is 0 Å². The Labute approximate surface area is 74.5 Å². The van der Waals surface area contributed by atoms with Crippen molar-refractivity contribution in [1.29, 1.82) is 0 Å². The molecule has 0 aromatic rings. The average Bonchev–Trinajstić information content (AvgIpc) is 2.38. The van der Waals surface area contributed by atoms with Gasteiger partial charge in [0, 0.05) is 5.92 Å². The van der Waals surface area contributed by atoms with Crippen LogP contribution in [0, 0.1) is 17.8 Å². The molecule has 5 nitrogen and oxygen atoms in total. The Morgan fingerprint density at radius 1 is 1.38 bits per heavy atom. The highest BCUT2D eigenvalue weighted by atomic mass is 16.4. The summed E-state index contributed by atoms with van der Waals surface area (Å²) in [5.74, 6) is -2.89. The van der Waals surface area contributed by atoms with E-state index in [9.17, 15) is 9.59 Å². The largest absolute Gasteiger partial charge is 0.481 e. The molecular weight excluding hydrogens is 174 g/mol. The van der Waals surface area contributed by atoms with Crippen molar-refractivity contribution >= 4 is 11.9 Å². The van der Waals surface area contributed by atoms with E-state index in [2.05, 4.69) is 0 Å². The van der Waals surface area contributed by atoms with Crippen molar-refractivity contribution in [3.63, 3.8) is 0 Å². The maximum Gasteiger partial charge on any atom is 0.324 e. The summed E-state index contributed by atoms with van der Waals surface area (Å²) in [6, 6.07) is 0. The molecule has 3 saturated carbocycles. The topological polar surface area (TPSA) is 101 Å². The molecule has 4 N–H and O–H groups in total. The lowest BCUT2D eigenvalue weighted by Gasteiger charge is -2.35. The summed E-state index contributed by atoms with van der Waals surface area (Å²) in [5.41, 5.74) is 4.37. The molecule has 0 aromatic carbocycles. The minimum Gasteiger partial charge on any atom is -0.481 e. The SMILES string of the molecule is NC1(C(=O)O)CC2CC1C2C(=O)O. The molecule has 3 fully saturated rings. The highest BCUT2D eigenvalue weighted by Gasteiger charge is 2.66. The molecule has 0 spiro atoms. The number of rotatable bonds is 2. The van der Waals surface area contributed by atoms with Crippen molar-refractivity contribution in [2.75, 3.05) is 0 Å². The van der Waals surface area contributed by atoms with Gasteiger partial charge < -0.3 is 15.9 Å². The van der Waals surface area contributed by atoms with Crippen LogP contribution in [0.3, 0.4) is 0 Å². The van der Waals surface area contributed by atoms with E-state index in [-0.39, 0.29) is 11.8 Å². The molecule has 0 heterocycles. The van der Waals surface area contributed by atoms with Crippen molar-refractivity contribution in [3.8, 4) is 0 Å². The number of aliphatic carboxylic acids is 2. The minimum atomic E-state index is -1.28. The van der Waals surface area contributed by atoms with E-state index in [1.54, 1.807) is 0 Å². The van der Waals surface area contributed by atoms with Gasteiger partial charge in [0.25, 0.3) is 0 Å². The first-order valence-corrected chi connectivity index (χ1v) is 4.22. The maximum atomic E-state index is 10.8. The van der Waals surface area contributed by atoms with Crippen LogP contribution in [0.4, 0.5) is 0 Å². The Morgan fingerprint density at radius 3 is 2.31 bits per heavy atom. The van der Waals surface area contributed by atoms with Crippen molar-refractivity contribution in [3.05, 3.63) is 0 Å². The lowest BCUT2D eigenvalue weighted by atomic mass is 9.69. The first-order chi connectivity index (χ1) is 5.97. The van der Waals surface area contributed by atoms with Crippen LogP contribution >= 0.6 is 0 Å². The summed E-state index contributed by atoms with van der Waals surface area (Å²) in [4.78, 5) is 21.5. The normalized spacial score (nSPS) is 47.0. The number of hydrogen-bond donors (Lipinski definition) is 3. The third-order valence-corrected chi connectivity index (χ3v) is 3.44. The summed E-state index contributed by atoms with van der Waals surface area (Å²) in [6.07, 6.45) is 0.962. The van der Waals surface area contributed by atoms with Gasteiger partial charge in [0.15, 0.2) is 0 Å². The summed E-state index contributed by atoms with van der Waals surface area (Å²) in [7, 11) is 0. The molecule has 2 bridgehead atoms. The van der Waals surface area contributed by atoms with Crippen molar-refractivity contribution in [2.45, 2.75) is 18.4 Å². The monoisotopic (exact) mass is 185 g/mol. The standard InChI is InChI=1S/C8H11NO4/c9-8(7(12)13)2-3-1-4(8)5(3)6(10)11/h3-5H,1-2,9H2,(H,10,11)(H,12,13). The van der Waals surface area contributed by atoms with Gasteiger partial charge in [-0.2, -0.15) is 0 Å². The van der Waals surface area contributed by atoms with Crippen molar-refractivity contribution < 1.29 is 19.8 Å². The van der Waals surface area contributed by atoms with Crippen LogP contribution < -0.4 is 5.73 Å². The lowest BCUT2D eigenvalue weighted by molar-refractivity contribution is -0.152. The van der Waals surface area contributed by atoms with Gasteiger partial charge in [0.05, 0.1) is 5.92 Å². The van der Waals surface area contributed by atoms with Crippen LogP contribution in [0.25, 0.3) is 0 Å². The fraction of sp³-hybridized carbons (Fsp3) is 0.750. The smallest absolute Gasteiger partial charge is 0.324 e. The van der Waals surface area contributed by atoms with Crippen molar-refractivity contribution in [2.24, 2.45) is 23.5 Å². The fourth-order valence-electron chi connectivity index (χ4n) is 2.70. The molecule has 3 aliphatic rings. The Kier molecular flexibility index (Phi) is 1.46. The first kappa shape index (κ1) is 8.50. The van der Waals surface area contributed by atoms with Gasteiger partial charge in [-0.05, 0) is 18.8 Å². The zero-order valence-corrected chi connectivity index (χ0v) is 6.93. The molecular formula is C8H11NO4. The van der Waals surface area contributed by atoms with E-state index in [0.717, 1.165) is 0 Å². The molecule has 0 saturated heterocycles. The molecule has 4 unspecified atom stereocenters. The number of carboxylic acid groups (broad SMARTS) is 2. The Morgan fingerprint density at radius 2 is 2.00 bits per heavy atom. The van der Waals surface area contributed by atoms with E-state index in [1.807, 2.05) is 0 Å². The first-order valence-electron chi connectivity index (χ1n) is 4.22. The van der Waals surface area contributed by atoms with E-state index < -0.39 is 23.4 Å². The number of carboxylic acids is 2. The minimum absolute atomic E-state index is 0.0244. The quantitative estimate of drug-likeness (QED) is 0.539. The van der Waals surface area contributed by atoms with Gasteiger partial charge >= 0.3 is 11.9 Å².